The molecule has 0 aromatic heterocycles. The normalized spacial score (nSPS) is 33.2. The van der Waals surface area contributed by atoms with Crippen molar-refractivity contribution in [3.8, 4) is 0 Å². The Kier molecular flexibility index (Phi) is 4.13. The molecular formula is C24H20N2O6. The van der Waals surface area contributed by atoms with Gasteiger partial charge in [0.2, 0.25) is 5.91 Å². The molecule has 4 aliphatic rings. The van der Waals surface area contributed by atoms with Crippen molar-refractivity contribution in [1.29, 1.82) is 0 Å². The molecule has 2 aromatic rings. The van der Waals surface area contributed by atoms with Gasteiger partial charge in [-0.15, -0.1) is 0 Å². The summed E-state index contributed by atoms with van der Waals surface area (Å²) in [6.45, 7) is -0.0536. The van der Waals surface area contributed by atoms with Crippen LogP contribution in [0, 0.1) is 5.92 Å². The highest BCUT2D eigenvalue weighted by molar-refractivity contribution is 5.90. The molecule has 0 radical (unpaired) electrons. The van der Waals surface area contributed by atoms with Crippen LogP contribution in [-0.4, -0.2) is 59.4 Å². The lowest BCUT2D eigenvalue weighted by Gasteiger charge is -2.48. The largest absolute Gasteiger partial charge is 0.459 e. The van der Waals surface area contributed by atoms with Crippen LogP contribution in [0.25, 0.3) is 0 Å². The number of amides is 1. The van der Waals surface area contributed by atoms with Crippen molar-refractivity contribution in [2.24, 2.45) is 5.92 Å². The first-order chi connectivity index (χ1) is 15.6. The van der Waals surface area contributed by atoms with Gasteiger partial charge in [0.25, 0.3) is 0 Å². The Morgan fingerprint density at radius 3 is 2.34 bits per heavy atom. The molecule has 6 atom stereocenters. The van der Waals surface area contributed by atoms with Gasteiger partial charge in [0.15, 0.2) is 0 Å². The zero-order chi connectivity index (χ0) is 21.9. The first-order valence-corrected chi connectivity index (χ1v) is 10.5. The summed E-state index contributed by atoms with van der Waals surface area (Å²) in [5.74, 6) is -1.24. The summed E-state index contributed by atoms with van der Waals surface area (Å²) in [5, 5.41) is 2.91. The highest BCUT2D eigenvalue weighted by Gasteiger charge is 2.89. The lowest BCUT2D eigenvalue weighted by molar-refractivity contribution is -0.158. The molecule has 32 heavy (non-hydrogen) atoms. The van der Waals surface area contributed by atoms with Crippen LogP contribution in [0.1, 0.15) is 20.7 Å². The fraction of sp³-hybridized carbons (Fsp3) is 0.292. The van der Waals surface area contributed by atoms with Crippen molar-refractivity contribution >= 4 is 17.8 Å². The molecule has 8 nitrogen and oxygen atoms in total. The molecule has 2 aromatic carbocycles. The van der Waals surface area contributed by atoms with Crippen molar-refractivity contribution in [2.75, 3.05) is 6.61 Å². The number of nitrogens with zero attached hydrogens (tertiary/aromatic N) is 1. The van der Waals surface area contributed by atoms with Gasteiger partial charge in [-0.05, 0) is 24.3 Å². The van der Waals surface area contributed by atoms with Crippen molar-refractivity contribution in [3.05, 3.63) is 84.1 Å². The minimum absolute atomic E-state index is 0.0130. The molecule has 1 aliphatic carbocycles. The average molecular weight is 432 g/mol. The first-order valence-electron chi connectivity index (χ1n) is 10.5. The third kappa shape index (κ3) is 2.69. The Hall–Kier alpha value is -3.65. The minimum atomic E-state index is -0.633. The van der Waals surface area contributed by atoms with E-state index < -0.39 is 29.7 Å². The van der Waals surface area contributed by atoms with E-state index in [-0.39, 0.29) is 30.6 Å². The van der Waals surface area contributed by atoms with Gasteiger partial charge < -0.3 is 24.4 Å². The number of hydrogen-bond acceptors (Lipinski definition) is 7. The molecule has 2 saturated heterocycles. The predicted molar refractivity (Wildman–Crippen MR) is 110 cm³/mol. The maximum atomic E-state index is 12.8. The van der Waals surface area contributed by atoms with Crippen LogP contribution < -0.4 is 5.32 Å². The molecule has 1 spiro atoms. The standard InChI is InChI=1S/C24H20N2O6/c27-17-11-12-26-20-18-19(31-22(29)15-9-5-2-6-10-15)16(32-24(18,20)23(26)25-17)13-30-21(28)14-7-3-1-4-8-14/h1-12,16,18-20,23H,13H2,(H,25,27)/t16-,18?,19?,20+,23?,24?/m0/s1. The monoisotopic (exact) mass is 432 g/mol. The molecule has 3 heterocycles. The first kappa shape index (κ1) is 19.1. The summed E-state index contributed by atoms with van der Waals surface area (Å²) in [5.41, 5.74) is 0.239. The molecule has 3 aliphatic heterocycles. The second-order valence-corrected chi connectivity index (χ2v) is 8.35. The Balaban J connectivity index is 1.22. The maximum Gasteiger partial charge on any atom is 0.338 e. The molecular weight excluding hydrogens is 412 g/mol. The van der Waals surface area contributed by atoms with Crippen LogP contribution in [0.2, 0.25) is 0 Å². The van der Waals surface area contributed by atoms with Crippen molar-refractivity contribution in [1.82, 2.24) is 10.2 Å². The lowest BCUT2D eigenvalue weighted by Crippen LogP contribution is -2.68. The molecule has 162 valence electrons. The van der Waals surface area contributed by atoms with Gasteiger partial charge in [-0.2, -0.15) is 0 Å². The van der Waals surface area contributed by atoms with Gasteiger partial charge in [0.05, 0.1) is 23.1 Å². The SMILES string of the molecule is O=C1C=CN2C(N1)C13O[C@@H](COC(=O)c4ccccc4)C(OC(=O)c4ccccc4)C1[C@@H]23. The number of hydrogen-bond donors (Lipinski definition) is 1. The fourth-order valence-corrected chi connectivity index (χ4v) is 5.24. The van der Waals surface area contributed by atoms with E-state index in [0.29, 0.717) is 11.1 Å². The number of fused-ring (bicyclic) bond motifs is 3. The quantitative estimate of drug-likeness (QED) is 0.716. The Labute approximate surface area is 183 Å². The maximum absolute atomic E-state index is 12.8. The van der Waals surface area contributed by atoms with Gasteiger partial charge in [-0.1, -0.05) is 36.4 Å². The number of benzene rings is 2. The summed E-state index contributed by atoms with van der Waals surface area (Å²) < 4.78 is 17.7. The Bertz CT molecular complexity index is 1120. The zero-order valence-electron chi connectivity index (χ0n) is 16.9. The molecule has 1 saturated carbocycles. The van der Waals surface area contributed by atoms with Crippen molar-refractivity contribution < 1.29 is 28.6 Å². The van der Waals surface area contributed by atoms with E-state index in [1.165, 1.54) is 6.08 Å². The second kappa shape index (κ2) is 6.93. The molecule has 4 unspecified atom stereocenters. The van der Waals surface area contributed by atoms with E-state index in [1.807, 2.05) is 17.0 Å². The lowest BCUT2D eigenvalue weighted by atomic mass is 10.1. The van der Waals surface area contributed by atoms with E-state index in [0.717, 1.165) is 0 Å². The second-order valence-electron chi connectivity index (χ2n) is 8.35. The summed E-state index contributed by atoms with van der Waals surface area (Å²) >= 11 is 0. The number of esters is 2. The Morgan fingerprint density at radius 1 is 1.00 bits per heavy atom. The van der Waals surface area contributed by atoms with Gasteiger partial charge in [-0.3, -0.25) is 4.79 Å². The van der Waals surface area contributed by atoms with E-state index in [1.54, 1.807) is 54.7 Å². The molecule has 1 amide bonds. The number of carbonyl (C=O) groups excluding carboxylic acids is 3. The number of nitrogens with one attached hydrogen (secondary N) is 1. The topological polar surface area (TPSA) is 94.2 Å². The molecule has 0 bridgehead atoms. The molecule has 8 heteroatoms. The van der Waals surface area contributed by atoms with Crippen LogP contribution in [0.15, 0.2) is 72.9 Å². The van der Waals surface area contributed by atoms with E-state index in [4.69, 9.17) is 14.2 Å². The Morgan fingerprint density at radius 2 is 1.66 bits per heavy atom. The summed E-state index contributed by atoms with van der Waals surface area (Å²) in [6, 6.07) is 17.4. The van der Waals surface area contributed by atoms with Crippen molar-refractivity contribution in [3.63, 3.8) is 0 Å². The number of ether oxygens (including phenoxy) is 3. The van der Waals surface area contributed by atoms with E-state index in [9.17, 15) is 14.4 Å². The number of carbonyl (C=O) groups is 3. The van der Waals surface area contributed by atoms with E-state index in [2.05, 4.69) is 5.32 Å². The van der Waals surface area contributed by atoms with Crippen LogP contribution in [0.4, 0.5) is 0 Å². The van der Waals surface area contributed by atoms with Crippen LogP contribution in [0.3, 0.4) is 0 Å². The van der Waals surface area contributed by atoms with Crippen LogP contribution >= 0.6 is 0 Å². The molecule has 3 fully saturated rings. The average Bonchev–Trinajstić information content (AvgIpc) is 3.26. The van der Waals surface area contributed by atoms with Gasteiger partial charge >= 0.3 is 11.9 Å². The van der Waals surface area contributed by atoms with E-state index >= 15 is 0 Å². The van der Waals surface area contributed by atoms with Gasteiger partial charge in [0.1, 0.15) is 30.6 Å². The summed E-state index contributed by atoms with van der Waals surface area (Å²) in [4.78, 5) is 39.1. The van der Waals surface area contributed by atoms with Crippen LogP contribution in [0.5, 0.6) is 0 Å². The van der Waals surface area contributed by atoms with Gasteiger partial charge in [-0.25, -0.2) is 9.59 Å². The fourth-order valence-electron chi connectivity index (χ4n) is 5.24. The highest BCUT2D eigenvalue weighted by atomic mass is 16.6. The molecule has 1 N–H and O–H groups in total. The molecule has 6 rings (SSSR count). The van der Waals surface area contributed by atoms with Gasteiger partial charge in [0, 0.05) is 12.3 Å². The smallest absolute Gasteiger partial charge is 0.338 e. The summed E-state index contributed by atoms with van der Waals surface area (Å²) in [7, 11) is 0. The van der Waals surface area contributed by atoms with Crippen LogP contribution in [-0.2, 0) is 19.0 Å². The third-order valence-electron chi connectivity index (χ3n) is 6.65. The number of rotatable bonds is 5. The predicted octanol–water partition coefficient (Wildman–Crippen LogP) is 1.49. The van der Waals surface area contributed by atoms with Crippen molar-refractivity contribution in [2.45, 2.75) is 30.0 Å². The summed E-state index contributed by atoms with van der Waals surface area (Å²) in [6.07, 6.45) is 1.68. The third-order valence-corrected chi connectivity index (χ3v) is 6.65. The highest BCUT2D eigenvalue weighted by Crippen LogP contribution is 2.69. The zero-order valence-corrected chi connectivity index (χ0v) is 16.9. The minimum Gasteiger partial charge on any atom is -0.459 e.